The number of nitrogens with one attached hydrogen (secondary N) is 2. The summed E-state index contributed by atoms with van der Waals surface area (Å²) >= 11 is 0. The molecule has 0 atom stereocenters. The number of hydrogen-bond donors (Lipinski definition) is 2. The van der Waals surface area contributed by atoms with Gasteiger partial charge in [0, 0.05) is 24.7 Å². The number of aromatic nitrogens is 2. The second kappa shape index (κ2) is 6.22. The highest BCUT2D eigenvalue weighted by atomic mass is 16.5. The monoisotopic (exact) mass is 235 g/mol. The fourth-order valence-electron chi connectivity index (χ4n) is 1.62. The smallest absolute Gasteiger partial charge is 0.0701 e. The van der Waals surface area contributed by atoms with Crippen molar-refractivity contribution in [3.63, 3.8) is 0 Å². The van der Waals surface area contributed by atoms with Crippen molar-refractivity contribution < 1.29 is 9.47 Å². The quantitative estimate of drug-likeness (QED) is 0.716. The van der Waals surface area contributed by atoms with Gasteiger partial charge in [-0.1, -0.05) is 6.07 Å². The van der Waals surface area contributed by atoms with Crippen LogP contribution in [0.1, 0.15) is 0 Å². The molecule has 1 heterocycles. The molecule has 5 nitrogen and oxygen atoms in total. The fraction of sp³-hybridized carbons (Fsp3) is 0.417. The number of hydrogen-bond acceptors (Lipinski definition) is 4. The van der Waals surface area contributed by atoms with Crippen molar-refractivity contribution in [2.45, 2.75) is 0 Å². The maximum atomic E-state index is 5.38. The van der Waals surface area contributed by atoms with Crippen LogP contribution in [0.2, 0.25) is 0 Å². The second-order valence-electron chi connectivity index (χ2n) is 3.67. The van der Waals surface area contributed by atoms with E-state index < -0.39 is 0 Å². The topological polar surface area (TPSA) is 59.2 Å². The van der Waals surface area contributed by atoms with Crippen molar-refractivity contribution in [1.82, 2.24) is 10.2 Å². The molecule has 0 spiro atoms. The van der Waals surface area contributed by atoms with Crippen molar-refractivity contribution in [1.29, 1.82) is 0 Å². The molecular weight excluding hydrogens is 218 g/mol. The number of anilines is 1. The van der Waals surface area contributed by atoms with E-state index in [0.29, 0.717) is 19.8 Å². The summed E-state index contributed by atoms with van der Waals surface area (Å²) in [4.78, 5) is 0. The SMILES string of the molecule is COCCOCCNc1cccc2[nH]ncc12. The van der Waals surface area contributed by atoms with E-state index in [4.69, 9.17) is 9.47 Å². The molecule has 0 unspecified atom stereocenters. The van der Waals surface area contributed by atoms with E-state index in [9.17, 15) is 0 Å². The van der Waals surface area contributed by atoms with Crippen molar-refractivity contribution in [3.05, 3.63) is 24.4 Å². The minimum absolute atomic E-state index is 0.633. The van der Waals surface area contributed by atoms with E-state index in [2.05, 4.69) is 15.5 Å². The predicted octanol–water partition coefficient (Wildman–Crippen LogP) is 1.64. The van der Waals surface area contributed by atoms with Crippen LogP contribution < -0.4 is 5.32 Å². The first kappa shape index (κ1) is 11.9. The molecule has 2 N–H and O–H groups in total. The normalized spacial score (nSPS) is 10.9. The third-order valence-electron chi connectivity index (χ3n) is 2.48. The lowest BCUT2D eigenvalue weighted by Crippen LogP contribution is -2.11. The maximum Gasteiger partial charge on any atom is 0.0701 e. The molecule has 92 valence electrons. The first-order valence-corrected chi connectivity index (χ1v) is 5.64. The first-order chi connectivity index (χ1) is 8.42. The van der Waals surface area contributed by atoms with Gasteiger partial charge in [0.1, 0.15) is 0 Å². The Hall–Kier alpha value is -1.59. The Morgan fingerprint density at radius 2 is 2.24 bits per heavy atom. The van der Waals surface area contributed by atoms with Gasteiger partial charge in [-0.05, 0) is 12.1 Å². The van der Waals surface area contributed by atoms with Gasteiger partial charge in [-0.3, -0.25) is 5.10 Å². The standard InChI is InChI=1S/C12H17N3O2/c1-16-7-8-17-6-5-13-11-3-2-4-12-10(11)9-14-15-12/h2-4,9,13H,5-8H2,1H3,(H,14,15). The number of H-pyrrole nitrogens is 1. The third kappa shape index (κ3) is 3.18. The molecule has 1 aromatic carbocycles. The Labute approximate surface area is 100 Å². The molecule has 0 radical (unpaired) electrons. The van der Waals surface area contributed by atoms with Crippen LogP contribution in [0, 0.1) is 0 Å². The Morgan fingerprint density at radius 3 is 3.12 bits per heavy atom. The van der Waals surface area contributed by atoms with Crippen LogP contribution >= 0.6 is 0 Å². The van der Waals surface area contributed by atoms with E-state index in [-0.39, 0.29) is 0 Å². The maximum absolute atomic E-state index is 5.38. The average Bonchev–Trinajstić information content (AvgIpc) is 2.82. The summed E-state index contributed by atoms with van der Waals surface area (Å²) < 4.78 is 10.3. The number of methoxy groups -OCH3 is 1. The Kier molecular flexibility index (Phi) is 4.35. The van der Waals surface area contributed by atoms with Crippen LogP contribution in [0.25, 0.3) is 10.9 Å². The van der Waals surface area contributed by atoms with Crippen LogP contribution in [0.15, 0.2) is 24.4 Å². The van der Waals surface area contributed by atoms with Crippen LogP contribution in [0.4, 0.5) is 5.69 Å². The van der Waals surface area contributed by atoms with Crippen LogP contribution in [0.3, 0.4) is 0 Å². The fourth-order valence-corrected chi connectivity index (χ4v) is 1.62. The van der Waals surface area contributed by atoms with Crippen LogP contribution in [0.5, 0.6) is 0 Å². The van der Waals surface area contributed by atoms with E-state index in [1.807, 2.05) is 24.4 Å². The molecule has 2 rings (SSSR count). The number of ether oxygens (including phenoxy) is 2. The molecule has 0 bridgehead atoms. The number of benzene rings is 1. The summed E-state index contributed by atoms with van der Waals surface area (Å²) in [5.41, 5.74) is 2.11. The Morgan fingerprint density at radius 1 is 1.29 bits per heavy atom. The van der Waals surface area contributed by atoms with Crippen molar-refractivity contribution in [2.24, 2.45) is 0 Å². The van der Waals surface area contributed by atoms with E-state index >= 15 is 0 Å². The number of nitrogens with zero attached hydrogens (tertiary/aromatic N) is 1. The molecule has 5 heteroatoms. The Bertz CT molecular complexity index is 456. The molecule has 0 aliphatic carbocycles. The minimum Gasteiger partial charge on any atom is -0.382 e. The lowest BCUT2D eigenvalue weighted by Gasteiger charge is -2.07. The van der Waals surface area contributed by atoms with Gasteiger partial charge < -0.3 is 14.8 Å². The predicted molar refractivity (Wildman–Crippen MR) is 67.3 cm³/mol. The van der Waals surface area contributed by atoms with Gasteiger partial charge in [0.25, 0.3) is 0 Å². The molecule has 0 fully saturated rings. The molecule has 1 aromatic heterocycles. The molecule has 0 aliphatic heterocycles. The molecule has 0 amide bonds. The zero-order valence-corrected chi connectivity index (χ0v) is 9.90. The third-order valence-corrected chi connectivity index (χ3v) is 2.48. The summed E-state index contributed by atoms with van der Waals surface area (Å²) in [7, 11) is 1.67. The van der Waals surface area contributed by atoms with Crippen molar-refractivity contribution >= 4 is 16.6 Å². The molecule has 17 heavy (non-hydrogen) atoms. The van der Waals surface area contributed by atoms with Gasteiger partial charge in [-0.25, -0.2) is 0 Å². The number of fused-ring (bicyclic) bond motifs is 1. The van der Waals surface area contributed by atoms with Gasteiger partial charge in [-0.15, -0.1) is 0 Å². The molecule has 0 saturated carbocycles. The minimum atomic E-state index is 0.633. The lowest BCUT2D eigenvalue weighted by molar-refractivity contribution is 0.0759. The van der Waals surface area contributed by atoms with Gasteiger partial charge in [0.2, 0.25) is 0 Å². The van der Waals surface area contributed by atoms with E-state index in [0.717, 1.165) is 23.1 Å². The average molecular weight is 235 g/mol. The summed E-state index contributed by atoms with van der Waals surface area (Å²) in [5.74, 6) is 0. The summed E-state index contributed by atoms with van der Waals surface area (Å²) in [6, 6.07) is 6.03. The highest BCUT2D eigenvalue weighted by Gasteiger charge is 2.00. The largest absolute Gasteiger partial charge is 0.382 e. The van der Waals surface area contributed by atoms with Crippen LogP contribution in [-0.4, -0.2) is 43.7 Å². The van der Waals surface area contributed by atoms with E-state index in [1.54, 1.807) is 7.11 Å². The van der Waals surface area contributed by atoms with Gasteiger partial charge >= 0.3 is 0 Å². The zero-order chi connectivity index (χ0) is 11.9. The highest BCUT2D eigenvalue weighted by molar-refractivity contribution is 5.90. The van der Waals surface area contributed by atoms with Crippen molar-refractivity contribution in [3.8, 4) is 0 Å². The highest BCUT2D eigenvalue weighted by Crippen LogP contribution is 2.20. The molecule has 0 saturated heterocycles. The molecule has 0 aliphatic rings. The van der Waals surface area contributed by atoms with E-state index in [1.165, 1.54) is 0 Å². The number of rotatable bonds is 7. The van der Waals surface area contributed by atoms with Gasteiger partial charge in [0.05, 0.1) is 31.5 Å². The van der Waals surface area contributed by atoms with Crippen molar-refractivity contribution in [2.75, 3.05) is 38.8 Å². The Balaban J connectivity index is 1.80. The molecule has 2 aromatic rings. The lowest BCUT2D eigenvalue weighted by atomic mass is 10.2. The van der Waals surface area contributed by atoms with Crippen LogP contribution in [-0.2, 0) is 9.47 Å². The summed E-state index contributed by atoms with van der Waals surface area (Å²) in [6.45, 7) is 2.71. The summed E-state index contributed by atoms with van der Waals surface area (Å²) in [6.07, 6.45) is 1.82. The first-order valence-electron chi connectivity index (χ1n) is 5.64. The van der Waals surface area contributed by atoms with Gasteiger partial charge in [0.15, 0.2) is 0 Å². The number of aromatic amines is 1. The summed E-state index contributed by atoms with van der Waals surface area (Å²) in [5, 5.41) is 11.4. The second-order valence-corrected chi connectivity index (χ2v) is 3.67. The zero-order valence-electron chi connectivity index (χ0n) is 9.90. The molecular formula is C12H17N3O2. The van der Waals surface area contributed by atoms with Gasteiger partial charge in [-0.2, -0.15) is 5.10 Å².